The van der Waals surface area contributed by atoms with Gasteiger partial charge in [-0.2, -0.15) is 0 Å². The predicted octanol–water partition coefficient (Wildman–Crippen LogP) is 4.58. The Morgan fingerprint density at radius 1 is 1.17 bits per heavy atom. The van der Waals surface area contributed by atoms with E-state index in [0.717, 1.165) is 6.42 Å². The summed E-state index contributed by atoms with van der Waals surface area (Å²) in [5.74, 6) is 1.43. The first kappa shape index (κ1) is 13.3. The molecule has 18 heavy (non-hydrogen) atoms. The molecule has 0 N–H and O–H groups in total. The van der Waals surface area contributed by atoms with Gasteiger partial charge in [-0.25, -0.2) is 0 Å². The molecule has 0 aliphatic heterocycles. The van der Waals surface area contributed by atoms with Crippen molar-refractivity contribution in [3.05, 3.63) is 35.9 Å². The summed E-state index contributed by atoms with van der Waals surface area (Å²) in [7, 11) is 0. The molecule has 3 atom stereocenters. The van der Waals surface area contributed by atoms with Gasteiger partial charge in [0.25, 0.3) is 0 Å². The van der Waals surface area contributed by atoms with Crippen molar-refractivity contribution in [1.82, 2.24) is 0 Å². The molecule has 1 heteroatoms. The molecule has 2 rings (SSSR count). The van der Waals surface area contributed by atoms with Crippen LogP contribution in [0.4, 0.5) is 0 Å². The van der Waals surface area contributed by atoms with Crippen LogP contribution in [-0.2, 0) is 4.79 Å². The number of unbranched alkanes of at least 4 members (excludes halogenated alkanes) is 1. The number of rotatable bonds is 4. The molecule has 0 heterocycles. The van der Waals surface area contributed by atoms with E-state index < -0.39 is 0 Å². The first-order chi connectivity index (χ1) is 8.74. The first-order valence-corrected chi connectivity index (χ1v) is 7.32. The van der Waals surface area contributed by atoms with E-state index in [-0.39, 0.29) is 11.8 Å². The van der Waals surface area contributed by atoms with E-state index in [4.69, 9.17) is 0 Å². The minimum Gasteiger partial charge on any atom is -0.299 e. The van der Waals surface area contributed by atoms with Crippen molar-refractivity contribution < 1.29 is 4.79 Å². The van der Waals surface area contributed by atoms with E-state index in [1.165, 1.54) is 31.2 Å². The van der Waals surface area contributed by atoms with Crippen molar-refractivity contribution in [2.75, 3.05) is 0 Å². The third-order valence-corrected chi connectivity index (χ3v) is 4.32. The highest BCUT2D eigenvalue weighted by Gasteiger charge is 2.36. The summed E-state index contributed by atoms with van der Waals surface area (Å²) in [6.45, 7) is 4.32. The van der Waals surface area contributed by atoms with Crippen LogP contribution >= 0.6 is 0 Å². The maximum Gasteiger partial charge on any atom is 0.143 e. The standard InChI is InChI=1S/C17H24O/c1-3-4-8-15-12-11-13(2)17(18)16(15)14-9-6-5-7-10-14/h5-7,9-10,13,15-16H,3-4,8,11-12H2,1-2H3/t13?,15-,16+/m1/s1. The van der Waals surface area contributed by atoms with Crippen molar-refractivity contribution in [2.24, 2.45) is 11.8 Å². The Hall–Kier alpha value is -1.11. The van der Waals surface area contributed by atoms with Crippen LogP contribution in [0.15, 0.2) is 30.3 Å². The van der Waals surface area contributed by atoms with Gasteiger partial charge in [-0.15, -0.1) is 0 Å². The normalized spacial score (nSPS) is 28.3. The topological polar surface area (TPSA) is 17.1 Å². The van der Waals surface area contributed by atoms with Crippen molar-refractivity contribution >= 4 is 5.78 Å². The maximum atomic E-state index is 12.5. The van der Waals surface area contributed by atoms with E-state index in [9.17, 15) is 4.79 Å². The van der Waals surface area contributed by atoms with Crippen LogP contribution in [0, 0.1) is 11.8 Å². The van der Waals surface area contributed by atoms with Crippen molar-refractivity contribution in [3.63, 3.8) is 0 Å². The molecule has 1 aliphatic rings. The van der Waals surface area contributed by atoms with Crippen LogP contribution in [-0.4, -0.2) is 5.78 Å². The van der Waals surface area contributed by atoms with Crippen LogP contribution < -0.4 is 0 Å². The number of benzene rings is 1. The Morgan fingerprint density at radius 2 is 1.89 bits per heavy atom. The molecule has 1 aromatic rings. The molecule has 0 bridgehead atoms. The molecule has 0 aromatic heterocycles. The smallest absolute Gasteiger partial charge is 0.143 e. The summed E-state index contributed by atoms with van der Waals surface area (Å²) in [4.78, 5) is 12.5. The van der Waals surface area contributed by atoms with Crippen molar-refractivity contribution in [3.8, 4) is 0 Å². The molecule has 98 valence electrons. The van der Waals surface area contributed by atoms with E-state index >= 15 is 0 Å². The van der Waals surface area contributed by atoms with Crippen LogP contribution in [0.5, 0.6) is 0 Å². The molecule has 1 unspecified atom stereocenters. The molecule has 1 nitrogen and oxygen atoms in total. The second-order valence-corrected chi connectivity index (χ2v) is 5.67. The monoisotopic (exact) mass is 244 g/mol. The minimum atomic E-state index is 0.154. The number of carbonyl (C=O) groups is 1. The molecule has 1 fully saturated rings. The van der Waals surface area contributed by atoms with Crippen LogP contribution in [0.1, 0.15) is 57.4 Å². The fraction of sp³-hybridized carbons (Fsp3) is 0.588. The lowest BCUT2D eigenvalue weighted by Crippen LogP contribution is -2.32. The lowest BCUT2D eigenvalue weighted by molar-refractivity contribution is -0.127. The molecule has 1 aromatic carbocycles. The van der Waals surface area contributed by atoms with Crippen molar-refractivity contribution in [1.29, 1.82) is 0 Å². The van der Waals surface area contributed by atoms with Gasteiger partial charge in [0, 0.05) is 11.8 Å². The van der Waals surface area contributed by atoms with Crippen LogP contribution in [0.2, 0.25) is 0 Å². The quantitative estimate of drug-likeness (QED) is 0.758. The highest BCUT2D eigenvalue weighted by molar-refractivity contribution is 5.88. The molecule has 1 saturated carbocycles. The van der Waals surface area contributed by atoms with Crippen molar-refractivity contribution in [2.45, 2.75) is 51.9 Å². The first-order valence-electron chi connectivity index (χ1n) is 7.32. The van der Waals surface area contributed by atoms with Gasteiger partial charge < -0.3 is 0 Å². The zero-order valence-corrected chi connectivity index (χ0v) is 11.6. The molecule has 0 radical (unpaired) electrons. The fourth-order valence-corrected chi connectivity index (χ4v) is 3.19. The summed E-state index contributed by atoms with van der Waals surface area (Å²) in [5, 5.41) is 0. The Morgan fingerprint density at radius 3 is 2.56 bits per heavy atom. The average molecular weight is 244 g/mol. The van der Waals surface area contributed by atoms with Gasteiger partial charge in [0.15, 0.2) is 0 Å². The highest BCUT2D eigenvalue weighted by Crippen LogP contribution is 2.40. The number of hydrogen-bond donors (Lipinski definition) is 0. The Kier molecular flexibility index (Phi) is 4.57. The second-order valence-electron chi connectivity index (χ2n) is 5.67. The zero-order chi connectivity index (χ0) is 13.0. The van der Waals surface area contributed by atoms with Gasteiger partial charge in [-0.05, 0) is 30.7 Å². The van der Waals surface area contributed by atoms with Gasteiger partial charge >= 0.3 is 0 Å². The van der Waals surface area contributed by atoms with Gasteiger partial charge in [-0.3, -0.25) is 4.79 Å². The van der Waals surface area contributed by atoms with Crippen LogP contribution in [0.3, 0.4) is 0 Å². The second kappa shape index (κ2) is 6.17. The maximum absolute atomic E-state index is 12.5. The number of ketones is 1. The molecular weight excluding hydrogens is 220 g/mol. The van der Waals surface area contributed by atoms with E-state index in [0.29, 0.717) is 11.7 Å². The van der Waals surface area contributed by atoms with Gasteiger partial charge in [-0.1, -0.05) is 57.0 Å². The summed E-state index contributed by atoms with van der Waals surface area (Å²) in [5.41, 5.74) is 1.23. The summed E-state index contributed by atoms with van der Waals surface area (Å²) in [6.07, 6.45) is 5.97. The number of hydrogen-bond acceptors (Lipinski definition) is 1. The lowest BCUT2D eigenvalue weighted by Gasteiger charge is -2.34. The molecule has 0 spiro atoms. The Labute approximate surface area is 111 Å². The Balaban J connectivity index is 2.21. The Bertz CT molecular complexity index is 380. The zero-order valence-electron chi connectivity index (χ0n) is 11.6. The third kappa shape index (κ3) is 2.82. The summed E-state index contributed by atoms with van der Waals surface area (Å²) in [6, 6.07) is 10.4. The van der Waals surface area contributed by atoms with E-state index in [2.05, 4.69) is 38.1 Å². The average Bonchev–Trinajstić information content (AvgIpc) is 2.41. The highest BCUT2D eigenvalue weighted by atomic mass is 16.1. The van der Waals surface area contributed by atoms with E-state index in [1.807, 2.05) is 6.07 Å². The molecule has 1 aliphatic carbocycles. The third-order valence-electron chi connectivity index (χ3n) is 4.32. The lowest BCUT2D eigenvalue weighted by atomic mass is 9.69. The number of carbonyl (C=O) groups excluding carboxylic acids is 1. The molecule has 0 saturated heterocycles. The largest absolute Gasteiger partial charge is 0.299 e. The number of Topliss-reactive ketones (excluding diaryl/α,β-unsaturated/α-hetero) is 1. The van der Waals surface area contributed by atoms with Gasteiger partial charge in [0.1, 0.15) is 5.78 Å². The summed E-state index contributed by atoms with van der Waals surface area (Å²) >= 11 is 0. The predicted molar refractivity (Wildman–Crippen MR) is 75.6 cm³/mol. The molecule has 0 amide bonds. The minimum absolute atomic E-state index is 0.154. The molecular formula is C17H24O. The summed E-state index contributed by atoms with van der Waals surface area (Å²) < 4.78 is 0. The fourth-order valence-electron chi connectivity index (χ4n) is 3.19. The van der Waals surface area contributed by atoms with E-state index in [1.54, 1.807) is 0 Å². The van der Waals surface area contributed by atoms with Crippen LogP contribution in [0.25, 0.3) is 0 Å². The SMILES string of the molecule is CCCC[C@@H]1CCC(C)C(=O)[C@H]1c1ccccc1. The van der Waals surface area contributed by atoms with Gasteiger partial charge in [0.05, 0.1) is 0 Å². The van der Waals surface area contributed by atoms with Gasteiger partial charge in [0.2, 0.25) is 0 Å².